The van der Waals surface area contributed by atoms with Gasteiger partial charge in [0.05, 0.1) is 46.9 Å². The predicted octanol–water partition coefficient (Wildman–Crippen LogP) is 1.23. The van der Waals surface area contributed by atoms with Crippen LogP contribution in [0.3, 0.4) is 0 Å². The van der Waals surface area contributed by atoms with Crippen LogP contribution in [0.1, 0.15) is 39.5 Å². The number of ether oxygens (including phenoxy) is 4. The van der Waals surface area contributed by atoms with Gasteiger partial charge in [0, 0.05) is 27.9 Å². The van der Waals surface area contributed by atoms with Crippen LogP contribution in [0.4, 0.5) is 0 Å². The molecule has 0 radical (unpaired) electrons. The first-order chi connectivity index (χ1) is 13.1. The Kier molecular flexibility index (Phi) is 10.9. The first-order valence-electron chi connectivity index (χ1n) is 9.72. The lowest BCUT2D eigenvalue weighted by atomic mass is 10.2. The summed E-state index contributed by atoms with van der Waals surface area (Å²) < 4.78 is 64.3. The van der Waals surface area contributed by atoms with Crippen molar-refractivity contribution in [2.75, 3.05) is 45.2 Å². The molecule has 0 unspecified atom stereocenters. The highest BCUT2D eigenvalue weighted by atomic mass is 32.2. The van der Waals surface area contributed by atoms with Crippen molar-refractivity contribution < 1.29 is 35.8 Å². The molecule has 0 aromatic rings. The number of hydrogen-bond acceptors (Lipinski definition) is 8. The molecule has 0 spiro atoms. The van der Waals surface area contributed by atoms with Gasteiger partial charge in [-0.25, -0.2) is 16.8 Å². The maximum atomic E-state index is 11.3. The molecule has 3 aliphatic heterocycles. The van der Waals surface area contributed by atoms with E-state index in [1.807, 2.05) is 13.8 Å². The Morgan fingerprint density at radius 3 is 1.82 bits per heavy atom. The molecule has 0 aromatic heterocycles. The van der Waals surface area contributed by atoms with Gasteiger partial charge in [-0.05, 0) is 32.6 Å². The minimum Gasteiger partial charge on any atom is -0.380 e. The number of rotatable bonds is 4. The summed E-state index contributed by atoms with van der Waals surface area (Å²) in [5.74, 6) is 0.805. The lowest BCUT2D eigenvalue weighted by Crippen LogP contribution is -2.26. The summed E-state index contributed by atoms with van der Waals surface area (Å²) in [6.45, 7) is 4.79. The normalized spacial score (nSPS) is 35.5. The Morgan fingerprint density at radius 1 is 0.893 bits per heavy atom. The van der Waals surface area contributed by atoms with E-state index >= 15 is 0 Å². The van der Waals surface area contributed by atoms with Gasteiger partial charge < -0.3 is 18.9 Å². The fourth-order valence-electron chi connectivity index (χ4n) is 3.60. The zero-order valence-electron chi connectivity index (χ0n) is 17.6. The van der Waals surface area contributed by atoms with Crippen LogP contribution in [-0.2, 0) is 38.6 Å². The van der Waals surface area contributed by atoms with Crippen LogP contribution in [0.25, 0.3) is 0 Å². The monoisotopic (exact) mass is 444 g/mol. The van der Waals surface area contributed by atoms with E-state index in [0.29, 0.717) is 43.0 Å². The average molecular weight is 445 g/mol. The summed E-state index contributed by atoms with van der Waals surface area (Å²) in [6, 6.07) is 0. The van der Waals surface area contributed by atoms with Gasteiger partial charge in [-0.3, -0.25) is 0 Å². The molecule has 3 rings (SSSR count). The summed E-state index contributed by atoms with van der Waals surface area (Å²) >= 11 is 0. The topological polar surface area (TPSA) is 105 Å². The third-order valence-corrected chi connectivity index (χ3v) is 9.50. The predicted molar refractivity (Wildman–Crippen MR) is 108 cm³/mol. The number of sulfone groups is 2. The van der Waals surface area contributed by atoms with Crippen molar-refractivity contribution in [1.82, 2.24) is 0 Å². The van der Waals surface area contributed by atoms with Gasteiger partial charge in [-0.15, -0.1) is 0 Å². The van der Waals surface area contributed by atoms with Gasteiger partial charge in [-0.1, -0.05) is 6.92 Å². The fraction of sp³-hybridized carbons (Fsp3) is 1.00. The molecule has 3 aliphatic rings. The highest BCUT2D eigenvalue weighted by molar-refractivity contribution is 7.92. The van der Waals surface area contributed by atoms with Crippen molar-refractivity contribution >= 4 is 19.7 Å². The van der Waals surface area contributed by atoms with Gasteiger partial charge in [-0.2, -0.15) is 0 Å². The van der Waals surface area contributed by atoms with Crippen LogP contribution in [0.15, 0.2) is 0 Å². The second kappa shape index (κ2) is 11.8. The Morgan fingerprint density at radius 2 is 1.54 bits per heavy atom. The lowest BCUT2D eigenvalue weighted by molar-refractivity contribution is 0.0270. The second-order valence-corrected chi connectivity index (χ2v) is 11.8. The summed E-state index contributed by atoms with van der Waals surface area (Å²) in [5, 5.41) is -0.257. The Labute approximate surface area is 170 Å². The van der Waals surface area contributed by atoms with Crippen molar-refractivity contribution in [3.05, 3.63) is 0 Å². The molecule has 3 saturated heterocycles. The van der Waals surface area contributed by atoms with Gasteiger partial charge in [0.15, 0.2) is 19.7 Å². The molecule has 5 atom stereocenters. The molecule has 8 nitrogen and oxygen atoms in total. The van der Waals surface area contributed by atoms with Crippen molar-refractivity contribution in [2.24, 2.45) is 0 Å². The highest BCUT2D eigenvalue weighted by Crippen LogP contribution is 2.25. The van der Waals surface area contributed by atoms with E-state index in [0.717, 1.165) is 13.0 Å². The maximum absolute atomic E-state index is 11.3. The van der Waals surface area contributed by atoms with Gasteiger partial charge in [0.25, 0.3) is 0 Å². The quantitative estimate of drug-likeness (QED) is 0.637. The zero-order valence-corrected chi connectivity index (χ0v) is 19.3. The summed E-state index contributed by atoms with van der Waals surface area (Å²) in [7, 11) is -0.699. The lowest BCUT2D eigenvalue weighted by Gasteiger charge is -2.14. The first-order valence-corrected chi connectivity index (χ1v) is 13.3. The van der Waals surface area contributed by atoms with Crippen LogP contribution in [0.5, 0.6) is 0 Å². The van der Waals surface area contributed by atoms with E-state index in [-0.39, 0.29) is 23.2 Å². The third kappa shape index (κ3) is 7.87. The maximum Gasteiger partial charge on any atom is 0.155 e. The molecule has 0 bridgehead atoms. The first kappa shape index (κ1) is 25.8. The van der Waals surface area contributed by atoms with E-state index < -0.39 is 19.7 Å². The molecule has 10 heteroatoms. The second-order valence-electron chi connectivity index (χ2n) is 7.28. The molecular weight excluding hydrogens is 408 g/mol. The molecule has 3 heterocycles. The highest BCUT2D eigenvalue weighted by Gasteiger charge is 2.38. The smallest absolute Gasteiger partial charge is 0.155 e. The van der Waals surface area contributed by atoms with Crippen LogP contribution in [-0.4, -0.2) is 91.7 Å². The Hall–Kier alpha value is -0.260. The minimum atomic E-state index is -2.82. The van der Waals surface area contributed by atoms with E-state index in [9.17, 15) is 16.8 Å². The molecule has 0 aliphatic carbocycles. The Bertz CT molecular complexity index is 646. The molecular formula is C18H36O8S2. The fourth-order valence-corrected chi connectivity index (χ4v) is 7.34. The molecule has 0 saturated carbocycles. The van der Waals surface area contributed by atoms with E-state index in [1.165, 1.54) is 0 Å². The summed E-state index contributed by atoms with van der Waals surface area (Å²) in [6.07, 6.45) is 3.59. The standard InChI is InChI=1S/C7H14O3S.C6H12O2.C5H10O3S/c1-3-7-6(10-2)4-5-11(7,8)9;1-5-6(7-2)3-4-8-5;1-8-5-2-3-9(6,7)4-5/h6-7H,3-5H2,1-2H3;5-6H,3-4H2,1-2H3;5H,2-4H2,1H3/t6-,7-;5-,6-;5-/m001/s1. The molecule has 168 valence electrons. The molecule has 28 heavy (non-hydrogen) atoms. The van der Waals surface area contributed by atoms with E-state index in [4.69, 9.17) is 18.9 Å². The molecule has 0 N–H and O–H groups in total. The molecule has 0 amide bonds. The zero-order chi connectivity index (χ0) is 21.4. The SMILES string of the molecule is CC[C@H]1[C@@H](OC)CCS1(=O)=O.CO[C@@H]1CCS(=O)(=O)C1.CO[C@H]1CCO[C@H]1C. The van der Waals surface area contributed by atoms with Crippen LogP contribution >= 0.6 is 0 Å². The van der Waals surface area contributed by atoms with E-state index in [1.54, 1.807) is 21.3 Å². The minimum absolute atomic E-state index is 0.0463. The van der Waals surface area contributed by atoms with Gasteiger partial charge in [0.2, 0.25) is 0 Å². The van der Waals surface area contributed by atoms with Crippen molar-refractivity contribution in [2.45, 2.75) is 69.2 Å². The molecule has 3 fully saturated rings. The summed E-state index contributed by atoms with van der Waals surface area (Å²) in [4.78, 5) is 0. The number of methoxy groups -OCH3 is 3. The van der Waals surface area contributed by atoms with Crippen LogP contribution < -0.4 is 0 Å². The van der Waals surface area contributed by atoms with Crippen molar-refractivity contribution in [3.8, 4) is 0 Å². The number of hydrogen-bond donors (Lipinski definition) is 0. The van der Waals surface area contributed by atoms with Gasteiger partial charge in [0.1, 0.15) is 0 Å². The summed E-state index contributed by atoms with van der Waals surface area (Å²) in [5.41, 5.74) is 0. The van der Waals surface area contributed by atoms with Crippen molar-refractivity contribution in [1.29, 1.82) is 0 Å². The van der Waals surface area contributed by atoms with E-state index in [2.05, 4.69) is 0 Å². The third-order valence-electron chi connectivity index (χ3n) is 5.40. The van der Waals surface area contributed by atoms with Gasteiger partial charge >= 0.3 is 0 Å². The van der Waals surface area contributed by atoms with Crippen molar-refractivity contribution in [3.63, 3.8) is 0 Å². The molecule has 0 aromatic carbocycles. The largest absolute Gasteiger partial charge is 0.380 e. The van der Waals surface area contributed by atoms with Crippen LogP contribution in [0, 0.1) is 0 Å². The average Bonchev–Trinajstić information content (AvgIpc) is 3.31. The Balaban J connectivity index is 0.000000213. The van der Waals surface area contributed by atoms with Crippen LogP contribution in [0.2, 0.25) is 0 Å².